The fourth-order valence-electron chi connectivity index (χ4n) is 2.66. The number of rotatable bonds is 4. The first-order valence-corrected chi connectivity index (χ1v) is 7.62. The van der Waals surface area contributed by atoms with E-state index in [9.17, 15) is 4.39 Å². The Morgan fingerprint density at radius 1 is 1.05 bits per heavy atom. The lowest BCUT2D eigenvalue weighted by molar-refractivity contribution is 0.628. The van der Waals surface area contributed by atoms with E-state index in [4.69, 9.17) is 11.6 Å². The van der Waals surface area contributed by atoms with Crippen molar-refractivity contribution in [3.05, 3.63) is 58.9 Å². The maximum Gasteiger partial charge on any atom is 0.126 e. The van der Waals surface area contributed by atoms with Gasteiger partial charge in [0.1, 0.15) is 5.82 Å². The van der Waals surface area contributed by atoms with E-state index in [0.29, 0.717) is 17.3 Å². The first-order valence-electron chi connectivity index (χ1n) is 7.24. The molecule has 0 radical (unpaired) electrons. The van der Waals surface area contributed by atoms with Crippen LogP contribution in [0.5, 0.6) is 0 Å². The minimum atomic E-state index is -0.325. The van der Waals surface area contributed by atoms with E-state index in [1.807, 2.05) is 0 Å². The first kappa shape index (κ1) is 14.2. The molecule has 0 saturated carbocycles. The lowest BCUT2D eigenvalue weighted by Gasteiger charge is -2.17. The van der Waals surface area contributed by atoms with Gasteiger partial charge in [0, 0.05) is 36.0 Å². The zero-order chi connectivity index (χ0) is 14.7. The summed E-state index contributed by atoms with van der Waals surface area (Å²) in [5, 5.41) is 3.60. The second-order valence-corrected chi connectivity index (χ2v) is 5.81. The molecule has 1 N–H and O–H groups in total. The Bertz CT molecular complexity index is 586. The minimum Gasteiger partial charge on any atom is -0.381 e. The molecular weight excluding hydrogens is 287 g/mol. The molecule has 4 heteroatoms. The summed E-state index contributed by atoms with van der Waals surface area (Å²) in [6.45, 7) is 2.96. The van der Waals surface area contributed by atoms with Gasteiger partial charge in [-0.05, 0) is 48.7 Å². The summed E-state index contributed by atoms with van der Waals surface area (Å²) in [5.74, 6) is -0.325. The maximum atomic E-state index is 13.2. The normalized spacial score (nSPS) is 14.5. The van der Waals surface area contributed by atoms with Crippen molar-refractivity contribution in [1.82, 2.24) is 0 Å². The summed E-state index contributed by atoms with van der Waals surface area (Å²) >= 11 is 5.84. The molecule has 0 unspecified atom stereocenters. The van der Waals surface area contributed by atoms with Crippen molar-refractivity contribution in [3.8, 4) is 0 Å². The summed E-state index contributed by atoms with van der Waals surface area (Å²) in [5.41, 5.74) is 3.15. The first-order chi connectivity index (χ1) is 10.2. The molecular formula is C17H18ClFN2. The van der Waals surface area contributed by atoms with Crippen LogP contribution in [0.4, 0.5) is 15.8 Å². The van der Waals surface area contributed by atoms with Crippen molar-refractivity contribution in [2.75, 3.05) is 23.3 Å². The Morgan fingerprint density at radius 3 is 2.43 bits per heavy atom. The van der Waals surface area contributed by atoms with Crippen LogP contribution in [0.1, 0.15) is 18.4 Å². The molecule has 110 valence electrons. The second kappa shape index (κ2) is 6.35. The molecule has 21 heavy (non-hydrogen) atoms. The van der Waals surface area contributed by atoms with Crippen molar-refractivity contribution < 1.29 is 4.39 Å². The largest absolute Gasteiger partial charge is 0.381 e. The SMILES string of the molecule is Fc1cc(Cl)cc(NCc2ccc(N3CCCC3)cc2)c1. The van der Waals surface area contributed by atoms with E-state index in [-0.39, 0.29) is 5.82 Å². The highest BCUT2D eigenvalue weighted by Crippen LogP contribution is 2.22. The van der Waals surface area contributed by atoms with Crippen LogP contribution in [0.25, 0.3) is 0 Å². The van der Waals surface area contributed by atoms with E-state index in [2.05, 4.69) is 34.5 Å². The smallest absolute Gasteiger partial charge is 0.126 e. The van der Waals surface area contributed by atoms with Crippen LogP contribution < -0.4 is 10.2 Å². The van der Waals surface area contributed by atoms with Crippen molar-refractivity contribution in [1.29, 1.82) is 0 Å². The van der Waals surface area contributed by atoms with E-state index >= 15 is 0 Å². The van der Waals surface area contributed by atoms with Gasteiger partial charge in [-0.3, -0.25) is 0 Å². The zero-order valence-corrected chi connectivity index (χ0v) is 12.5. The predicted molar refractivity (Wildman–Crippen MR) is 86.6 cm³/mol. The molecule has 1 saturated heterocycles. The van der Waals surface area contributed by atoms with Gasteiger partial charge in [-0.25, -0.2) is 4.39 Å². The molecule has 0 bridgehead atoms. The molecule has 0 aromatic heterocycles. The van der Waals surface area contributed by atoms with Gasteiger partial charge in [0.05, 0.1) is 0 Å². The molecule has 0 aliphatic carbocycles. The van der Waals surface area contributed by atoms with E-state index in [1.165, 1.54) is 36.2 Å². The van der Waals surface area contributed by atoms with Crippen molar-refractivity contribution in [3.63, 3.8) is 0 Å². The van der Waals surface area contributed by atoms with Crippen LogP contribution in [0.15, 0.2) is 42.5 Å². The molecule has 0 atom stereocenters. The van der Waals surface area contributed by atoms with Gasteiger partial charge in [-0.1, -0.05) is 23.7 Å². The molecule has 1 aliphatic rings. The van der Waals surface area contributed by atoms with Gasteiger partial charge < -0.3 is 10.2 Å². The third-order valence-electron chi connectivity index (χ3n) is 3.77. The summed E-state index contributed by atoms with van der Waals surface area (Å²) in [7, 11) is 0. The van der Waals surface area contributed by atoms with Crippen LogP contribution >= 0.6 is 11.6 Å². The minimum absolute atomic E-state index is 0.325. The van der Waals surface area contributed by atoms with Crippen molar-refractivity contribution >= 4 is 23.0 Å². The van der Waals surface area contributed by atoms with Gasteiger partial charge in [0.2, 0.25) is 0 Å². The fourth-order valence-corrected chi connectivity index (χ4v) is 2.88. The monoisotopic (exact) mass is 304 g/mol. The standard InChI is InChI=1S/C17H18ClFN2/c18-14-9-15(19)11-16(10-14)20-12-13-3-5-17(6-4-13)21-7-1-2-8-21/h3-6,9-11,20H,1-2,7-8,12H2. The predicted octanol–water partition coefficient (Wildman–Crippen LogP) is 4.69. The maximum absolute atomic E-state index is 13.2. The number of hydrogen-bond acceptors (Lipinski definition) is 2. The highest BCUT2D eigenvalue weighted by atomic mass is 35.5. The second-order valence-electron chi connectivity index (χ2n) is 5.37. The lowest BCUT2D eigenvalue weighted by Crippen LogP contribution is -2.17. The molecule has 2 nitrogen and oxygen atoms in total. The van der Waals surface area contributed by atoms with Crippen LogP contribution in [-0.4, -0.2) is 13.1 Å². The molecule has 2 aromatic rings. The number of halogens is 2. The highest BCUT2D eigenvalue weighted by Gasteiger charge is 2.11. The fraction of sp³-hybridized carbons (Fsp3) is 0.294. The van der Waals surface area contributed by atoms with Gasteiger partial charge in [-0.15, -0.1) is 0 Å². The van der Waals surface area contributed by atoms with Crippen LogP contribution in [0.3, 0.4) is 0 Å². The summed E-state index contributed by atoms with van der Waals surface area (Å²) in [6.07, 6.45) is 2.56. The third kappa shape index (κ3) is 3.67. The zero-order valence-electron chi connectivity index (χ0n) is 11.8. The summed E-state index contributed by atoms with van der Waals surface area (Å²) in [4.78, 5) is 2.41. The third-order valence-corrected chi connectivity index (χ3v) is 3.98. The van der Waals surface area contributed by atoms with Gasteiger partial charge in [0.25, 0.3) is 0 Å². The average Bonchev–Trinajstić information content (AvgIpc) is 2.99. The van der Waals surface area contributed by atoms with E-state index in [0.717, 1.165) is 13.1 Å². The topological polar surface area (TPSA) is 15.3 Å². The Kier molecular flexibility index (Phi) is 4.30. The van der Waals surface area contributed by atoms with Crippen molar-refractivity contribution in [2.24, 2.45) is 0 Å². The molecule has 0 spiro atoms. The quantitative estimate of drug-likeness (QED) is 0.881. The molecule has 3 rings (SSSR count). The highest BCUT2D eigenvalue weighted by molar-refractivity contribution is 6.30. The van der Waals surface area contributed by atoms with Crippen LogP contribution in [-0.2, 0) is 6.54 Å². The van der Waals surface area contributed by atoms with Crippen LogP contribution in [0.2, 0.25) is 5.02 Å². The Balaban J connectivity index is 1.62. The van der Waals surface area contributed by atoms with Crippen LogP contribution in [0, 0.1) is 5.82 Å². The molecule has 1 heterocycles. The van der Waals surface area contributed by atoms with Crippen molar-refractivity contribution in [2.45, 2.75) is 19.4 Å². The number of nitrogens with zero attached hydrogens (tertiary/aromatic N) is 1. The molecule has 0 amide bonds. The Hall–Kier alpha value is -1.74. The molecule has 2 aromatic carbocycles. The van der Waals surface area contributed by atoms with Gasteiger partial charge >= 0.3 is 0 Å². The number of anilines is 2. The molecule has 1 aliphatic heterocycles. The summed E-state index contributed by atoms with van der Waals surface area (Å²) in [6, 6.07) is 13.0. The lowest BCUT2D eigenvalue weighted by atomic mass is 10.2. The van der Waals surface area contributed by atoms with E-state index < -0.39 is 0 Å². The summed E-state index contributed by atoms with van der Waals surface area (Å²) < 4.78 is 13.2. The van der Waals surface area contributed by atoms with E-state index in [1.54, 1.807) is 6.07 Å². The average molecular weight is 305 g/mol. The Labute approximate surface area is 129 Å². The van der Waals surface area contributed by atoms with Gasteiger partial charge in [0.15, 0.2) is 0 Å². The number of benzene rings is 2. The Morgan fingerprint density at radius 2 is 1.76 bits per heavy atom. The number of hydrogen-bond donors (Lipinski definition) is 1. The number of nitrogens with one attached hydrogen (secondary N) is 1. The molecule has 1 fully saturated rings. The van der Waals surface area contributed by atoms with Gasteiger partial charge in [-0.2, -0.15) is 0 Å².